The van der Waals surface area contributed by atoms with E-state index in [1.54, 1.807) is 5.54 Å². The number of benzene rings is 1. The van der Waals surface area contributed by atoms with Gasteiger partial charge < -0.3 is 5.32 Å². The zero-order chi connectivity index (χ0) is 12.7. The second-order valence-electron chi connectivity index (χ2n) is 4.43. The van der Waals surface area contributed by atoms with E-state index in [0.717, 1.165) is 12.3 Å². The summed E-state index contributed by atoms with van der Waals surface area (Å²) >= 11 is 7.47. The Bertz CT molecular complexity index is 374. The van der Waals surface area contributed by atoms with E-state index in [0.29, 0.717) is 6.04 Å². The molecule has 94 valence electrons. The van der Waals surface area contributed by atoms with Gasteiger partial charge in [0, 0.05) is 28.8 Å². The van der Waals surface area contributed by atoms with Crippen molar-refractivity contribution in [2.45, 2.75) is 38.3 Å². The normalized spacial score (nSPS) is 12.2. The predicted octanol–water partition coefficient (Wildman–Crippen LogP) is 4.42. The smallest absolute Gasteiger partial charge is 0.0208 e. The number of thioether (sulfide) groups is 1. The molecule has 0 aliphatic rings. The Morgan fingerprint density at radius 3 is 2.88 bits per heavy atom. The third-order valence-electron chi connectivity index (χ3n) is 2.27. The van der Waals surface area contributed by atoms with Crippen LogP contribution in [0.15, 0.2) is 40.3 Å². The molecular formula is C14H20ClNS. The summed E-state index contributed by atoms with van der Waals surface area (Å²) in [6.07, 6.45) is 0. The Labute approximate surface area is 114 Å². The van der Waals surface area contributed by atoms with Gasteiger partial charge >= 0.3 is 0 Å². The molecular weight excluding hydrogens is 250 g/mol. The molecule has 0 radical (unpaired) electrons. The van der Waals surface area contributed by atoms with Crippen LogP contribution in [-0.2, 0) is 6.54 Å². The molecule has 1 rings (SSSR count). The third-order valence-corrected chi connectivity index (χ3v) is 3.83. The van der Waals surface area contributed by atoms with Crippen molar-refractivity contribution >= 4 is 23.4 Å². The lowest BCUT2D eigenvalue weighted by Gasteiger charge is -2.09. The van der Waals surface area contributed by atoms with Crippen molar-refractivity contribution in [1.29, 1.82) is 0 Å². The van der Waals surface area contributed by atoms with Crippen LogP contribution in [0.1, 0.15) is 26.3 Å². The fourth-order valence-electron chi connectivity index (χ4n) is 1.30. The van der Waals surface area contributed by atoms with E-state index in [1.165, 1.54) is 16.0 Å². The molecule has 0 saturated heterocycles. The van der Waals surface area contributed by atoms with Gasteiger partial charge in [-0.05, 0) is 24.6 Å². The molecule has 1 N–H and O–H groups in total. The van der Waals surface area contributed by atoms with Crippen molar-refractivity contribution in [2.24, 2.45) is 0 Å². The van der Waals surface area contributed by atoms with E-state index >= 15 is 0 Å². The Balaban J connectivity index is 2.53. The zero-order valence-electron chi connectivity index (χ0n) is 10.7. The van der Waals surface area contributed by atoms with E-state index < -0.39 is 0 Å². The minimum atomic E-state index is 0.521. The summed E-state index contributed by atoms with van der Waals surface area (Å²) in [5, 5.41) is 3.42. The van der Waals surface area contributed by atoms with Gasteiger partial charge in [0.15, 0.2) is 0 Å². The Morgan fingerprint density at radius 1 is 1.47 bits per heavy atom. The van der Waals surface area contributed by atoms with E-state index in [9.17, 15) is 0 Å². The molecule has 1 nitrogen and oxygen atoms in total. The molecule has 3 heteroatoms. The molecule has 1 aromatic carbocycles. The van der Waals surface area contributed by atoms with Gasteiger partial charge in [0.2, 0.25) is 0 Å². The largest absolute Gasteiger partial charge is 0.310 e. The van der Waals surface area contributed by atoms with Gasteiger partial charge in [0.1, 0.15) is 0 Å². The first kappa shape index (κ1) is 14.6. The van der Waals surface area contributed by atoms with Crippen molar-refractivity contribution in [3.05, 3.63) is 40.9 Å². The van der Waals surface area contributed by atoms with Crippen molar-refractivity contribution in [1.82, 2.24) is 5.32 Å². The molecule has 0 bridgehead atoms. The lowest BCUT2D eigenvalue weighted by molar-refractivity contribution is 0.588. The maximum absolute atomic E-state index is 5.65. The van der Waals surface area contributed by atoms with E-state index in [1.807, 2.05) is 18.7 Å². The number of nitrogens with one attached hydrogen (secondary N) is 1. The quantitative estimate of drug-likeness (QED) is 0.768. The van der Waals surface area contributed by atoms with Crippen molar-refractivity contribution < 1.29 is 0 Å². The van der Waals surface area contributed by atoms with Crippen LogP contribution in [-0.4, -0.2) is 11.8 Å². The summed E-state index contributed by atoms with van der Waals surface area (Å²) < 4.78 is 0. The summed E-state index contributed by atoms with van der Waals surface area (Å²) in [6, 6.07) is 9.17. The summed E-state index contributed by atoms with van der Waals surface area (Å²) in [4.78, 5) is 1.30. The summed E-state index contributed by atoms with van der Waals surface area (Å²) in [5.74, 6) is 0.949. The maximum atomic E-state index is 5.65. The first-order valence-corrected chi connectivity index (χ1v) is 7.25. The lowest BCUT2D eigenvalue weighted by Crippen LogP contribution is -2.21. The highest BCUT2D eigenvalue weighted by atomic mass is 35.5. The Kier molecular flexibility index (Phi) is 6.71. The molecule has 1 aromatic rings. The molecule has 0 amide bonds. The standard InChI is InChI=1S/C14H20ClNS/c1-11(2)16-9-13-5-4-6-14(7-13)17-10-12(3)8-15/h4-8,11,16H,9-10H2,1-3H3/b12-8+. The Morgan fingerprint density at radius 2 is 2.24 bits per heavy atom. The van der Waals surface area contributed by atoms with Gasteiger partial charge in [0.05, 0.1) is 0 Å². The highest BCUT2D eigenvalue weighted by Gasteiger charge is 1.99. The topological polar surface area (TPSA) is 12.0 Å². The molecule has 17 heavy (non-hydrogen) atoms. The predicted molar refractivity (Wildman–Crippen MR) is 78.8 cm³/mol. The molecule has 0 aliphatic carbocycles. The third kappa shape index (κ3) is 6.16. The number of halogens is 1. The minimum absolute atomic E-state index is 0.521. The number of hydrogen-bond acceptors (Lipinski definition) is 2. The van der Waals surface area contributed by atoms with E-state index in [2.05, 4.69) is 43.4 Å². The van der Waals surface area contributed by atoms with Gasteiger partial charge in [-0.1, -0.05) is 43.2 Å². The minimum Gasteiger partial charge on any atom is -0.310 e. The number of rotatable bonds is 6. The fourth-order valence-corrected chi connectivity index (χ4v) is 2.35. The fraction of sp³-hybridized carbons (Fsp3) is 0.429. The molecule has 0 saturated carbocycles. The zero-order valence-corrected chi connectivity index (χ0v) is 12.2. The van der Waals surface area contributed by atoms with Crippen molar-refractivity contribution in [2.75, 3.05) is 5.75 Å². The monoisotopic (exact) mass is 269 g/mol. The van der Waals surface area contributed by atoms with Gasteiger partial charge in [-0.25, -0.2) is 0 Å². The van der Waals surface area contributed by atoms with E-state index in [-0.39, 0.29) is 0 Å². The average molecular weight is 270 g/mol. The SMILES string of the molecule is C/C(=C\Cl)CSc1cccc(CNC(C)C)c1. The first-order chi connectivity index (χ1) is 8.11. The van der Waals surface area contributed by atoms with Crippen molar-refractivity contribution in [3.8, 4) is 0 Å². The van der Waals surface area contributed by atoms with Crippen LogP contribution >= 0.6 is 23.4 Å². The summed E-state index contributed by atoms with van der Waals surface area (Å²) in [6.45, 7) is 7.29. The Hall–Kier alpha value is -0.440. The second kappa shape index (κ2) is 7.80. The van der Waals surface area contributed by atoms with Crippen molar-refractivity contribution in [3.63, 3.8) is 0 Å². The van der Waals surface area contributed by atoms with Crippen LogP contribution in [0, 0.1) is 0 Å². The van der Waals surface area contributed by atoms with Crippen LogP contribution in [0.25, 0.3) is 0 Å². The van der Waals surface area contributed by atoms with Crippen LogP contribution in [0.5, 0.6) is 0 Å². The maximum Gasteiger partial charge on any atom is 0.0208 e. The van der Waals surface area contributed by atoms with Crippen LogP contribution in [0.2, 0.25) is 0 Å². The van der Waals surface area contributed by atoms with Gasteiger partial charge in [0.25, 0.3) is 0 Å². The highest BCUT2D eigenvalue weighted by molar-refractivity contribution is 7.99. The van der Waals surface area contributed by atoms with Gasteiger partial charge in [-0.3, -0.25) is 0 Å². The van der Waals surface area contributed by atoms with Gasteiger partial charge in [-0.2, -0.15) is 0 Å². The molecule has 0 aromatic heterocycles. The lowest BCUT2D eigenvalue weighted by atomic mass is 10.2. The van der Waals surface area contributed by atoms with Crippen LogP contribution < -0.4 is 5.32 Å². The van der Waals surface area contributed by atoms with Crippen LogP contribution in [0.4, 0.5) is 0 Å². The number of hydrogen-bond donors (Lipinski definition) is 1. The molecule has 0 unspecified atom stereocenters. The molecule has 0 spiro atoms. The van der Waals surface area contributed by atoms with Crippen LogP contribution in [0.3, 0.4) is 0 Å². The average Bonchev–Trinajstić information content (AvgIpc) is 2.34. The summed E-state index contributed by atoms with van der Waals surface area (Å²) in [7, 11) is 0. The van der Waals surface area contributed by atoms with Gasteiger partial charge in [-0.15, -0.1) is 11.8 Å². The molecule has 0 fully saturated rings. The first-order valence-electron chi connectivity index (χ1n) is 5.83. The molecule has 0 atom stereocenters. The molecule has 0 aliphatic heterocycles. The molecule has 0 heterocycles. The van der Waals surface area contributed by atoms with E-state index in [4.69, 9.17) is 11.6 Å². The highest BCUT2D eigenvalue weighted by Crippen LogP contribution is 2.21. The second-order valence-corrected chi connectivity index (χ2v) is 5.69. The summed E-state index contributed by atoms with van der Waals surface area (Å²) in [5.41, 5.74) is 4.18.